The Balaban J connectivity index is 2.00. The van der Waals surface area contributed by atoms with E-state index in [1.54, 1.807) is 24.3 Å². The van der Waals surface area contributed by atoms with Crippen LogP contribution in [0.1, 0.15) is 29.8 Å². The van der Waals surface area contributed by atoms with E-state index in [-0.39, 0.29) is 17.2 Å². The lowest BCUT2D eigenvalue weighted by molar-refractivity contribution is -0.122. The summed E-state index contributed by atoms with van der Waals surface area (Å²) >= 11 is 6.02. The van der Waals surface area contributed by atoms with Gasteiger partial charge in [0.2, 0.25) is 15.9 Å². The number of nitrogens with one attached hydrogen (secondary N) is 2. The molecule has 8 heteroatoms. The highest BCUT2D eigenvalue weighted by molar-refractivity contribution is 7.89. The molecule has 138 valence electrons. The van der Waals surface area contributed by atoms with Crippen molar-refractivity contribution in [2.45, 2.75) is 31.3 Å². The molecule has 0 spiro atoms. The van der Waals surface area contributed by atoms with E-state index in [0.717, 1.165) is 5.56 Å². The zero-order valence-electron chi connectivity index (χ0n) is 14.3. The summed E-state index contributed by atoms with van der Waals surface area (Å²) in [5.74, 6) is -0.636. The van der Waals surface area contributed by atoms with E-state index in [0.29, 0.717) is 10.6 Å². The second-order valence-electron chi connectivity index (χ2n) is 5.73. The number of sulfonamides is 1. The lowest BCUT2D eigenvalue weighted by Crippen LogP contribution is -2.44. The molecule has 2 rings (SSSR count). The van der Waals surface area contributed by atoms with Crippen molar-refractivity contribution in [3.05, 3.63) is 64.7 Å². The molecule has 0 heterocycles. The Morgan fingerprint density at radius 2 is 1.69 bits per heavy atom. The van der Waals surface area contributed by atoms with E-state index in [1.807, 2.05) is 0 Å². The molecule has 0 saturated heterocycles. The van der Waals surface area contributed by atoms with Crippen molar-refractivity contribution in [1.29, 1.82) is 0 Å². The quantitative estimate of drug-likeness (QED) is 0.706. The Bertz CT molecular complexity index is 911. The zero-order valence-corrected chi connectivity index (χ0v) is 15.9. The van der Waals surface area contributed by atoms with Crippen LogP contribution in [0, 0.1) is 0 Å². The van der Waals surface area contributed by atoms with Gasteiger partial charge in [0.15, 0.2) is 5.78 Å². The van der Waals surface area contributed by atoms with E-state index < -0.39 is 22.0 Å². The average molecular weight is 395 g/mol. The number of rotatable bonds is 7. The number of halogens is 1. The number of carbonyl (C=O) groups excluding carboxylic acids is 2. The van der Waals surface area contributed by atoms with Crippen LogP contribution in [0.5, 0.6) is 0 Å². The van der Waals surface area contributed by atoms with E-state index in [2.05, 4.69) is 10.0 Å². The second-order valence-corrected chi connectivity index (χ2v) is 7.85. The molecule has 2 N–H and O–H groups in total. The molecule has 0 radical (unpaired) electrons. The molecule has 0 bridgehead atoms. The first-order valence-corrected chi connectivity index (χ1v) is 9.71. The average Bonchev–Trinajstić information content (AvgIpc) is 2.60. The summed E-state index contributed by atoms with van der Waals surface area (Å²) in [6.45, 7) is 3.04. The maximum atomic E-state index is 12.4. The number of Topliss-reactive ketones (excluding diaryl/α,β-unsaturated/α-hetero) is 1. The molecular formula is C18H19ClN2O4S. The molecule has 0 saturated carbocycles. The number of hydrogen-bond acceptors (Lipinski definition) is 4. The molecule has 0 aliphatic heterocycles. The predicted octanol–water partition coefficient (Wildman–Crippen LogP) is 2.53. The molecule has 2 aromatic rings. The van der Waals surface area contributed by atoms with E-state index in [9.17, 15) is 18.0 Å². The van der Waals surface area contributed by atoms with Gasteiger partial charge in [-0.2, -0.15) is 4.72 Å². The minimum absolute atomic E-state index is 0.0201. The van der Waals surface area contributed by atoms with Gasteiger partial charge < -0.3 is 5.32 Å². The fourth-order valence-corrected chi connectivity index (χ4v) is 3.61. The highest BCUT2D eigenvalue weighted by Gasteiger charge is 2.22. The first-order valence-electron chi connectivity index (χ1n) is 7.85. The van der Waals surface area contributed by atoms with Gasteiger partial charge in [-0.3, -0.25) is 9.59 Å². The minimum atomic E-state index is -3.89. The maximum absolute atomic E-state index is 12.4. The van der Waals surface area contributed by atoms with Gasteiger partial charge in [-0.1, -0.05) is 41.9 Å². The smallest absolute Gasteiger partial charge is 0.241 e. The molecule has 0 unspecified atom stereocenters. The SMILES string of the molecule is CC(=O)c1ccc(S(=O)(=O)N[C@@H](C)C(=O)NCc2ccccc2Cl)cc1. The highest BCUT2D eigenvalue weighted by atomic mass is 35.5. The standard InChI is InChI=1S/C18H19ClN2O4S/c1-12(18(23)20-11-15-5-3-4-6-17(15)19)21-26(24,25)16-9-7-14(8-10-16)13(2)22/h3-10,12,21H,11H2,1-2H3,(H,20,23)/t12-/m0/s1. The van der Waals surface area contributed by atoms with E-state index in [1.165, 1.54) is 38.1 Å². The number of amides is 1. The third-order valence-corrected chi connectivity index (χ3v) is 5.63. The summed E-state index contributed by atoms with van der Waals surface area (Å²) in [5.41, 5.74) is 1.15. The largest absolute Gasteiger partial charge is 0.351 e. The van der Waals surface area contributed by atoms with Crippen molar-refractivity contribution < 1.29 is 18.0 Å². The van der Waals surface area contributed by atoms with Crippen LogP contribution < -0.4 is 10.0 Å². The Hall–Kier alpha value is -2.22. The van der Waals surface area contributed by atoms with E-state index >= 15 is 0 Å². The number of carbonyl (C=O) groups is 2. The molecule has 0 aliphatic rings. The normalized spacial score (nSPS) is 12.4. The lowest BCUT2D eigenvalue weighted by Gasteiger charge is -2.15. The van der Waals surface area contributed by atoms with Gasteiger partial charge in [0.25, 0.3) is 0 Å². The summed E-state index contributed by atoms with van der Waals surface area (Å²) in [6.07, 6.45) is 0. The van der Waals surface area contributed by atoms with Crippen LogP contribution in [0.3, 0.4) is 0 Å². The van der Waals surface area contributed by atoms with Crippen LogP contribution in [0.2, 0.25) is 5.02 Å². The van der Waals surface area contributed by atoms with Crippen LogP contribution in [0.25, 0.3) is 0 Å². The first-order chi connectivity index (χ1) is 12.2. The molecule has 0 aliphatic carbocycles. The summed E-state index contributed by atoms with van der Waals surface area (Å²) in [4.78, 5) is 23.4. The van der Waals surface area contributed by atoms with Crippen molar-refractivity contribution in [3.8, 4) is 0 Å². The predicted molar refractivity (Wildman–Crippen MR) is 99.5 cm³/mol. The van der Waals surface area contributed by atoms with Crippen LogP contribution >= 0.6 is 11.6 Å². The molecular weight excluding hydrogens is 376 g/mol. The van der Waals surface area contributed by atoms with Crippen molar-refractivity contribution in [1.82, 2.24) is 10.0 Å². The van der Waals surface area contributed by atoms with Crippen LogP contribution in [-0.4, -0.2) is 26.2 Å². The molecule has 0 aromatic heterocycles. The Labute approximate surface area is 157 Å². The minimum Gasteiger partial charge on any atom is -0.351 e. The van der Waals surface area contributed by atoms with Gasteiger partial charge in [0.1, 0.15) is 0 Å². The summed E-state index contributed by atoms with van der Waals surface area (Å²) in [7, 11) is -3.89. The molecule has 1 amide bonds. The van der Waals surface area contributed by atoms with Gasteiger partial charge in [0, 0.05) is 17.1 Å². The first kappa shape index (κ1) is 20.1. The van der Waals surface area contributed by atoms with Crippen molar-refractivity contribution >= 4 is 33.3 Å². The van der Waals surface area contributed by atoms with Gasteiger partial charge in [-0.05, 0) is 37.6 Å². The molecule has 6 nitrogen and oxygen atoms in total. The van der Waals surface area contributed by atoms with E-state index in [4.69, 9.17) is 11.6 Å². The van der Waals surface area contributed by atoms with Crippen LogP contribution in [0.4, 0.5) is 0 Å². The molecule has 1 atom stereocenters. The molecule has 26 heavy (non-hydrogen) atoms. The fourth-order valence-electron chi connectivity index (χ4n) is 2.20. The third-order valence-electron chi connectivity index (χ3n) is 3.71. The second kappa shape index (κ2) is 8.44. The number of benzene rings is 2. The Morgan fingerprint density at radius 1 is 1.08 bits per heavy atom. The number of hydrogen-bond donors (Lipinski definition) is 2. The topological polar surface area (TPSA) is 92.3 Å². The van der Waals surface area contributed by atoms with Gasteiger partial charge in [0.05, 0.1) is 10.9 Å². The molecule has 2 aromatic carbocycles. The van der Waals surface area contributed by atoms with Gasteiger partial charge >= 0.3 is 0 Å². The Morgan fingerprint density at radius 3 is 2.27 bits per heavy atom. The maximum Gasteiger partial charge on any atom is 0.241 e. The summed E-state index contributed by atoms with van der Waals surface area (Å²) in [6, 6.07) is 11.6. The van der Waals surface area contributed by atoms with Gasteiger partial charge in [-0.25, -0.2) is 8.42 Å². The molecule has 0 fully saturated rings. The van der Waals surface area contributed by atoms with Crippen LogP contribution in [-0.2, 0) is 21.4 Å². The monoisotopic (exact) mass is 394 g/mol. The summed E-state index contributed by atoms with van der Waals surface area (Å²) in [5, 5.41) is 3.16. The third kappa shape index (κ3) is 5.14. The van der Waals surface area contributed by atoms with Crippen molar-refractivity contribution in [2.24, 2.45) is 0 Å². The fraction of sp³-hybridized carbons (Fsp3) is 0.222. The van der Waals surface area contributed by atoms with Crippen LogP contribution in [0.15, 0.2) is 53.4 Å². The Kier molecular flexibility index (Phi) is 6.52. The zero-order chi connectivity index (χ0) is 19.3. The van der Waals surface area contributed by atoms with Crippen molar-refractivity contribution in [3.63, 3.8) is 0 Å². The van der Waals surface area contributed by atoms with Crippen molar-refractivity contribution in [2.75, 3.05) is 0 Å². The lowest BCUT2D eigenvalue weighted by atomic mass is 10.2. The highest BCUT2D eigenvalue weighted by Crippen LogP contribution is 2.15. The van der Waals surface area contributed by atoms with Gasteiger partial charge in [-0.15, -0.1) is 0 Å². The summed E-state index contributed by atoms with van der Waals surface area (Å²) < 4.78 is 27.0. The number of ketones is 1.